The molecule has 6 heteroatoms. The Morgan fingerprint density at radius 3 is 2.95 bits per heavy atom. The molecule has 0 N–H and O–H groups in total. The van der Waals surface area contributed by atoms with Gasteiger partial charge < -0.3 is 4.90 Å². The van der Waals surface area contributed by atoms with Gasteiger partial charge in [-0.05, 0) is 20.3 Å². The van der Waals surface area contributed by atoms with E-state index in [2.05, 4.69) is 34.9 Å². The first-order valence-corrected chi connectivity index (χ1v) is 7.12. The smallest absolute Gasteiger partial charge is 0.185 e. The Morgan fingerprint density at radius 2 is 2.32 bits per heavy atom. The highest BCUT2D eigenvalue weighted by molar-refractivity contribution is 7.15. The molecule has 1 fully saturated rings. The summed E-state index contributed by atoms with van der Waals surface area (Å²) in [6.07, 6.45) is 4.50. The summed E-state index contributed by atoms with van der Waals surface area (Å²) in [5.74, 6) is 0. The Labute approximate surface area is 116 Å². The number of thiazole rings is 1. The lowest BCUT2D eigenvalue weighted by Gasteiger charge is -2.14. The van der Waals surface area contributed by atoms with Crippen molar-refractivity contribution >= 4 is 16.5 Å². The maximum atomic E-state index is 8.83. The maximum Gasteiger partial charge on any atom is 0.185 e. The van der Waals surface area contributed by atoms with E-state index in [9.17, 15) is 0 Å². The fraction of sp³-hybridized carbons (Fsp3) is 0.462. The fourth-order valence-electron chi connectivity index (χ4n) is 2.32. The van der Waals surface area contributed by atoms with E-state index in [-0.39, 0.29) is 0 Å². The zero-order valence-electron chi connectivity index (χ0n) is 11.0. The Bertz CT molecular complexity index is 616. The minimum atomic E-state index is 0.339. The van der Waals surface area contributed by atoms with E-state index in [0.717, 1.165) is 30.3 Å². The van der Waals surface area contributed by atoms with Crippen LogP contribution < -0.4 is 4.90 Å². The average molecular weight is 273 g/mol. The normalized spacial score (nSPS) is 18.8. The highest BCUT2D eigenvalue weighted by Gasteiger charge is 2.26. The van der Waals surface area contributed by atoms with Gasteiger partial charge in [0.15, 0.2) is 5.13 Å². The first kappa shape index (κ1) is 12.2. The summed E-state index contributed by atoms with van der Waals surface area (Å²) >= 11 is 1.75. The molecule has 1 aliphatic rings. The van der Waals surface area contributed by atoms with E-state index in [0.29, 0.717) is 11.6 Å². The lowest BCUT2D eigenvalue weighted by atomic mass is 10.3. The third-order valence-corrected chi connectivity index (χ3v) is 4.69. The van der Waals surface area contributed by atoms with E-state index in [1.807, 2.05) is 10.9 Å². The van der Waals surface area contributed by atoms with Gasteiger partial charge in [-0.1, -0.05) is 0 Å². The minimum Gasteiger partial charge on any atom is -0.346 e. The van der Waals surface area contributed by atoms with Gasteiger partial charge in [-0.25, -0.2) is 4.98 Å². The molecule has 2 aromatic heterocycles. The molecule has 0 spiro atoms. The number of aryl methyl sites for hydroxylation is 2. The zero-order valence-corrected chi connectivity index (χ0v) is 11.8. The third kappa shape index (κ3) is 2.22. The van der Waals surface area contributed by atoms with Crippen LogP contribution in [0.5, 0.6) is 0 Å². The third-order valence-electron chi connectivity index (χ3n) is 3.56. The van der Waals surface area contributed by atoms with E-state index < -0.39 is 0 Å². The van der Waals surface area contributed by atoms with Crippen molar-refractivity contribution in [3.05, 3.63) is 28.5 Å². The van der Waals surface area contributed by atoms with Crippen LogP contribution in [-0.2, 0) is 0 Å². The van der Waals surface area contributed by atoms with Crippen LogP contribution in [-0.4, -0.2) is 27.9 Å². The Morgan fingerprint density at radius 1 is 1.47 bits per heavy atom. The quantitative estimate of drug-likeness (QED) is 0.842. The molecule has 2 aromatic rings. The predicted molar refractivity (Wildman–Crippen MR) is 74.4 cm³/mol. The van der Waals surface area contributed by atoms with Gasteiger partial charge in [0.1, 0.15) is 6.07 Å². The number of nitriles is 1. The summed E-state index contributed by atoms with van der Waals surface area (Å²) in [6.45, 7) is 6.07. The molecule has 19 heavy (non-hydrogen) atoms. The number of hydrogen-bond acceptors (Lipinski definition) is 5. The monoisotopic (exact) mass is 273 g/mol. The summed E-state index contributed by atoms with van der Waals surface area (Å²) < 4.78 is 1.91. The molecule has 1 unspecified atom stereocenters. The molecule has 0 saturated carbocycles. The maximum absolute atomic E-state index is 8.83. The second-order valence-electron chi connectivity index (χ2n) is 4.85. The summed E-state index contributed by atoms with van der Waals surface area (Å²) in [5, 5.41) is 14.2. The van der Waals surface area contributed by atoms with Gasteiger partial charge in [0.25, 0.3) is 0 Å². The van der Waals surface area contributed by atoms with Crippen molar-refractivity contribution in [1.82, 2.24) is 14.8 Å². The van der Waals surface area contributed by atoms with Crippen LogP contribution in [0.1, 0.15) is 28.6 Å². The molecule has 0 aliphatic carbocycles. The van der Waals surface area contributed by atoms with Crippen molar-refractivity contribution in [2.24, 2.45) is 0 Å². The Kier molecular flexibility index (Phi) is 2.99. The molecule has 98 valence electrons. The van der Waals surface area contributed by atoms with Gasteiger partial charge in [0, 0.05) is 24.2 Å². The van der Waals surface area contributed by atoms with Gasteiger partial charge >= 0.3 is 0 Å². The Hall–Kier alpha value is -1.87. The molecule has 5 nitrogen and oxygen atoms in total. The largest absolute Gasteiger partial charge is 0.346 e. The molecule has 1 saturated heterocycles. The van der Waals surface area contributed by atoms with Crippen LogP contribution in [0, 0.1) is 25.2 Å². The molecule has 3 rings (SSSR count). The van der Waals surface area contributed by atoms with E-state index >= 15 is 0 Å². The van der Waals surface area contributed by atoms with Crippen molar-refractivity contribution in [2.45, 2.75) is 26.3 Å². The number of nitrogens with zero attached hydrogens (tertiary/aromatic N) is 5. The van der Waals surface area contributed by atoms with Crippen LogP contribution >= 0.6 is 11.3 Å². The molecular formula is C13H15N5S. The van der Waals surface area contributed by atoms with E-state index in [1.54, 1.807) is 17.5 Å². The van der Waals surface area contributed by atoms with Crippen molar-refractivity contribution in [3.8, 4) is 6.07 Å². The van der Waals surface area contributed by atoms with Crippen LogP contribution in [0.4, 0.5) is 5.13 Å². The van der Waals surface area contributed by atoms with Crippen LogP contribution in [0.3, 0.4) is 0 Å². The van der Waals surface area contributed by atoms with Crippen molar-refractivity contribution in [1.29, 1.82) is 5.26 Å². The molecule has 1 atom stereocenters. The molecular weight excluding hydrogens is 258 g/mol. The van der Waals surface area contributed by atoms with Crippen molar-refractivity contribution in [2.75, 3.05) is 18.0 Å². The summed E-state index contributed by atoms with van der Waals surface area (Å²) in [6, 6.07) is 2.46. The molecule has 0 bridgehead atoms. The van der Waals surface area contributed by atoms with E-state index in [1.165, 1.54) is 4.88 Å². The van der Waals surface area contributed by atoms with Gasteiger partial charge in [-0.3, -0.25) is 4.68 Å². The minimum absolute atomic E-state index is 0.339. The lowest BCUT2D eigenvalue weighted by Crippen LogP contribution is -2.20. The first-order chi connectivity index (χ1) is 9.17. The number of anilines is 1. The summed E-state index contributed by atoms with van der Waals surface area (Å²) in [5.41, 5.74) is 1.74. The van der Waals surface area contributed by atoms with Crippen LogP contribution in [0.15, 0.2) is 12.4 Å². The highest BCUT2D eigenvalue weighted by Crippen LogP contribution is 2.31. The first-order valence-electron chi connectivity index (χ1n) is 6.30. The van der Waals surface area contributed by atoms with Gasteiger partial charge in [-0.15, -0.1) is 11.3 Å². The van der Waals surface area contributed by atoms with Crippen LogP contribution in [0.25, 0.3) is 0 Å². The average Bonchev–Trinajstić information content (AvgIpc) is 3.10. The predicted octanol–water partition coefficient (Wildman–Crippen LogP) is 2.28. The summed E-state index contributed by atoms with van der Waals surface area (Å²) in [4.78, 5) is 8.19. The molecule has 3 heterocycles. The molecule has 0 radical (unpaired) electrons. The zero-order chi connectivity index (χ0) is 13.4. The summed E-state index contributed by atoms with van der Waals surface area (Å²) in [7, 11) is 0. The number of aromatic nitrogens is 3. The van der Waals surface area contributed by atoms with Gasteiger partial charge in [0.2, 0.25) is 0 Å². The second kappa shape index (κ2) is 4.67. The van der Waals surface area contributed by atoms with Crippen molar-refractivity contribution in [3.63, 3.8) is 0 Å². The standard InChI is InChI=1S/C13H15N5S/c1-9-10(2)19-13(16-9)17-4-3-12(8-17)18-7-11(5-14)6-15-18/h6-7,12H,3-4,8H2,1-2H3. The van der Waals surface area contributed by atoms with Crippen LogP contribution in [0.2, 0.25) is 0 Å². The topological polar surface area (TPSA) is 57.7 Å². The van der Waals surface area contributed by atoms with Crippen molar-refractivity contribution < 1.29 is 0 Å². The van der Waals surface area contributed by atoms with Gasteiger partial charge in [-0.2, -0.15) is 10.4 Å². The van der Waals surface area contributed by atoms with Gasteiger partial charge in [0.05, 0.1) is 23.5 Å². The molecule has 1 aliphatic heterocycles. The number of hydrogen-bond donors (Lipinski definition) is 0. The number of rotatable bonds is 2. The highest BCUT2D eigenvalue weighted by atomic mass is 32.1. The SMILES string of the molecule is Cc1nc(N2CCC(n3cc(C#N)cn3)C2)sc1C. The lowest BCUT2D eigenvalue weighted by molar-refractivity contribution is 0.494. The second-order valence-corrected chi connectivity index (χ2v) is 6.03. The fourth-order valence-corrected chi connectivity index (χ4v) is 3.26. The molecule has 0 aromatic carbocycles. The van der Waals surface area contributed by atoms with E-state index in [4.69, 9.17) is 5.26 Å². The molecule has 0 amide bonds. The Balaban J connectivity index is 1.75.